The lowest BCUT2D eigenvalue weighted by Gasteiger charge is -2.22. The number of esters is 1. The lowest BCUT2D eigenvalue weighted by atomic mass is 10.0. The van der Waals surface area contributed by atoms with Gasteiger partial charge in [-0.2, -0.15) is 0 Å². The molecular formula is C62H121NO5. The summed E-state index contributed by atoms with van der Waals surface area (Å²) in [7, 11) is 0. The van der Waals surface area contributed by atoms with E-state index in [0.717, 1.165) is 38.5 Å². The van der Waals surface area contributed by atoms with Crippen LogP contribution in [0.3, 0.4) is 0 Å². The molecule has 0 aromatic heterocycles. The number of allylic oxidation sites excluding steroid dienone is 2. The summed E-state index contributed by atoms with van der Waals surface area (Å²) in [6.07, 6.45) is 69.4. The van der Waals surface area contributed by atoms with Crippen LogP contribution in [0.15, 0.2) is 12.2 Å². The summed E-state index contributed by atoms with van der Waals surface area (Å²) in [6.45, 7) is 4.97. The van der Waals surface area contributed by atoms with Crippen molar-refractivity contribution in [2.45, 2.75) is 360 Å². The predicted molar refractivity (Wildman–Crippen MR) is 297 cm³/mol. The third-order valence-electron chi connectivity index (χ3n) is 14.6. The highest BCUT2D eigenvalue weighted by Gasteiger charge is 2.20. The smallest absolute Gasteiger partial charge is 0.305 e. The van der Waals surface area contributed by atoms with E-state index in [2.05, 4.69) is 31.3 Å². The fourth-order valence-electron chi connectivity index (χ4n) is 9.81. The van der Waals surface area contributed by atoms with Crippen molar-refractivity contribution in [3.05, 3.63) is 12.2 Å². The molecule has 2 atom stereocenters. The Bertz CT molecular complexity index is 1020. The fourth-order valence-corrected chi connectivity index (χ4v) is 9.81. The van der Waals surface area contributed by atoms with Crippen molar-refractivity contribution in [1.82, 2.24) is 5.32 Å². The van der Waals surface area contributed by atoms with Crippen LogP contribution in [-0.2, 0) is 14.3 Å². The molecule has 0 aliphatic heterocycles. The zero-order valence-corrected chi connectivity index (χ0v) is 46.1. The number of rotatable bonds is 58. The Labute approximate surface area is 425 Å². The summed E-state index contributed by atoms with van der Waals surface area (Å²) in [5.74, 6) is -0.0203. The van der Waals surface area contributed by atoms with Crippen LogP contribution in [0.1, 0.15) is 348 Å². The zero-order valence-electron chi connectivity index (χ0n) is 46.1. The molecular weight excluding hydrogens is 839 g/mol. The Morgan fingerprint density at radius 2 is 0.691 bits per heavy atom. The summed E-state index contributed by atoms with van der Waals surface area (Å²) >= 11 is 0. The monoisotopic (exact) mass is 960 g/mol. The Hall–Kier alpha value is -1.40. The van der Waals surface area contributed by atoms with E-state index in [1.807, 2.05) is 0 Å². The molecule has 404 valence electrons. The number of hydrogen-bond acceptors (Lipinski definition) is 5. The van der Waals surface area contributed by atoms with Gasteiger partial charge in [-0.3, -0.25) is 9.59 Å². The van der Waals surface area contributed by atoms with Crippen LogP contribution in [0.5, 0.6) is 0 Å². The number of ether oxygens (including phenoxy) is 1. The fraction of sp³-hybridized carbons (Fsp3) is 0.935. The number of unbranched alkanes of at least 4 members (excludes halogenated alkanes) is 45. The molecule has 0 aromatic rings. The largest absolute Gasteiger partial charge is 0.466 e. The summed E-state index contributed by atoms with van der Waals surface area (Å²) < 4.78 is 5.47. The van der Waals surface area contributed by atoms with Crippen molar-refractivity contribution >= 4 is 11.9 Å². The average Bonchev–Trinajstić information content (AvgIpc) is 3.34. The van der Waals surface area contributed by atoms with Crippen molar-refractivity contribution in [2.75, 3.05) is 13.2 Å². The van der Waals surface area contributed by atoms with Crippen LogP contribution in [0, 0.1) is 0 Å². The van der Waals surface area contributed by atoms with E-state index >= 15 is 0 Å². The summed E-state index contributed by atoms with van der Waals surface area (Å²) in [5, 5.41) is 23.3. The first-order chi connectivity index (χ1) is 33.5. The maximum absolute atomic E-state index is 12.5. The molecule has 0 aliphatic rings. The number of nitrogens with one attached hydrogen (secondary N) is 1. The van der Waals surface area contributed by atoms with Crippen molar-refractivity contribution in [3.8, 4) is 0 Å². The number of carbonyl (C=O) groups excluding carboxylic acids is 2. The lowest BCUT2D eigenvalue weighted by molar-refractivity contribution is -0.143. The van der Waals surface area contributed by atoms with Gasteiger partial charge in [0.05, 0.1) is 25.4 Å². The van der Waals surface area contributed by atoms with Gasteiger partial charge in [0.1, 0.15) is 0 Å². The number of carbonyl (C=O) groups is 2. The third kappa shape index (κ3) is 53.9. The van der Waals surface area contributed by atoms with Gasteiger partial charge in [-0.15, -0.1) is 0 Å². The molecule has 1 amide bonds. The van der Waals surface area contributed by atoms with Gasteiger partial charge < -0.3 is 20.3 Å². The standard InChI is InChI=1S/C62H121NO5/c1-3-5-7-9-11-13-15-16-31-35-38-42-46-50-54-60(65)59(58-64)63-61(66)55-51-47-43-39-36-32-29-27-25-23-21-19-17-18-20-22-24-26-28-30-33-37-41-45-49-53-57-68-62(67)56-52-48-44-40-34-14-12-10-8-6-4-2/h17,19,59-60,64-65H,3-16,18,20-58H2,1-2H3,(H,63,66)/b19-17-. The number of aliphatic hydroxyl groups is 2. The molecule has 0 heterocycles. The molecule has 0 saturated carbocycles. The Kier molecular flexibility index (Phi) is 57.0. The lowest BCUT2D eigenvalue weighted by Crippen LogP contribution is -2.45. The number of aliphatic hydroxyl groups excluding tert-OH is 2. The van der Waals surface area contributed by atoms with Crippen LogP contribution in [-0.4, -0.2) is 47.4 Å². The second-order valence-corrected chi connectivity index (χ2v) is 21.4. The van der Waals surface area contributed by atoms with E-state index in [1.54, 1.807) is 0 Å². The summed E-state index contributed by atoms with van der Waals surface area (Å²) in [4.78, 5) is 24.5. The van der Waals surface area contributed by atoms with Gasteiger partial charge >= 0.3 is 5.97 Å². The van der Waals surface area contributed by atoms with Crippen LogP contribution in [0.25, 0.3) is 0 Å². The Morgan fingerprint density at radius 1 is 0.397 bits per heavy atom. The molecule has 0 aliphatic carbocycles. The van der Waals surface area contributed by atoms with E-state index in [0.29, 0.717) is 25.9 Å². The minimum atomic E-state index is -0.664. The molecule has 0 rings (SSSR count). The maximum Gasteiger partial charge on any atom is 0.305 e. The molecule has 0 bridgehead atoms. The first-order valence-corrected chi connectivity index (χ1v) is 30.9. The van der Waals surface area contributed by atoms with Crippen LogP contribution in [0.4, 0.5) is 0 Å². The molecule has 6 nitrogen and oxygen atoms in total. The third-order valence-corrected chi connectivity index (χ3v) is 14.6. The van der Waals surface area contributed by atoms with Crippen LogP contribution < -0.4 is 5.32 Å². The van der Waals surface area contributed by atoms with Crippen molar-refractivity contribution in [3.63, 3.8) is 0 Å². The molecule has 0 saturated heterocycles. The first kappa shape index (κ1) is 66.6. The van der Waals surface area contributed by atoms with Crippen LogP contribution in [0.2, 0.25) is 0 Å². The van der Waals surface area contributed by atoms with Gasteiger partial charge in [0.2, 0.25) is 5.91 Å². The molecule has 68 heavy (non-hydrogen) atoms. The van der Waals surface area contributed by atoms with E-state index in [9.17, 15) is 19.8 Å². The first-order valence-electron chi connectivity index (χ1n) is 30.9. The highest BCUT2D eigenvalue weighted by Crippen LogP contribution is 2.18. The summed E-state index contributed by atoms with van der Waals surface area (Å²) in [6, 6.07) is -0.541. The summed E-state index contributed by atoms with van der Waals surface area (Å²) in [5.41, 5.74) is 0. The van der Waals surface area contributed by atoms with E-state index in [4.69, 9.17) is 4.74 Å². The molecule has 6 heteroatoms. The number of hydrogen-bond donors (Lipinski definition) is 3. The second kappa shape index (κ2) is 58.2. The van der Waals surface area contributed by atoms with E-state index < -0.39 is 12.1 Å². The van der Waals surface area contributed by atoms with Crippen molar-refractivity contribution in [2.24, 2.45) is 0 Å². The van der Waals surface area contributed by atoms with Gasteiger partial charge in [0.15, 0.2) is 0 Å². The van der Waals surface area contributed by atoms with E-state index in [-0.39, 0.29) is 18.5 Å². The van der Waals surface area contributed by atoms with Gasteiger partial charge in [-0.05, 0) is 51.4 Å². The highest BCUT2D eigenvalue weighted by molar-refractivity contribution is 5.76. The van der Waals surface area contributed by atoms with Gasteiger partial charge in [-0.1, -0.05) is 296 Å². The molecule has 0 spiro atoms. The Morgan fingerprint density at radius 3 is 1.04 bits per heavy atom. The molecule has 0 fully saturated rings. The van der Waals surface area contributed by atoms with Crippen molar-refractivity contribution < 1.29 is 24.5 Å². The predicted octanol–water partition coefficient (Wildman–Crippen LogP) is 19.2. The van der Waals surface area contributed by atoms with Gasteiger partial charge in [-0.25, -0.2) is 0 Å². The van der Waals surface area contributed by atoms with E-state index in [1.165, 1.54) is 276 Å². The molecule has 2 unspecified atom stereocenters. The van der Waals surface area contributed by atoms with Crippen LogP contribution >= 0.6 is 0 Å². The minimum Gasteiger partial charge on any atom is -0.466 e. The second-order valence-electron chi connectivity index (χ2n) is 21.4. The van der Waals surface area contributed by atoms with Gasteiger partial charge in [0, 0.05) is 12.8 Å². The van der Waals surface area contributed by atoms with Crippen molar-refractivity contribution in [1.29, 1.82) is 0 Å². The Balaban J connectivity index is 3.38. The normalized spacial score (nSPS) is 12.6. The molecule has 3 N–H and O–H groups in total. The topological polar surface area (TPSA) is 95.9 Å². The maximum atomic E-state index is 12.5. The number of amides is 1. The molecule has 0 radical (unpaired) electrons. The SMILES string of the molecule is CCCCCCCCCCCCCCCCC(O)C(CO)NC(=O)CCCCCCCCCCCC/C=C\CCCCCCCCCCCCCCOC(=O)CCCCCCCCCCCCC. The average molecular weight is 961 g/mol. The van der Waals surface area contributed by atoms with Gasteiger partial charge in [0.25, 0.3) is 0 Å². The minimum absolute atomic E-state index is 0.0145. The quantitative estimate of drug-likeness (QED) is 0.0321. The highest BCUT2D eigenvalue weighted by atomic mass is 16.5. The molecule has 0 aromatic carbocycles. The zero-order chi connectivity index (χ0) is 49.3.